The summed E-state index contributed by atoms with van der Waals surface area (Å²) in [4.78, 5) is 18.1. The Morgan fingerprint density at radius 1 is 1.47 bits per heavy atom. The summed E-state index contributed by atoms with van der Waals surface area (Å²) in [6.07, 6.45) is 8.19. The molecule has 4 nitrogen and oxygen atoms in total. The Kier molecular flexibility index (Phi) is 4.75. The lowest BCUT2D eigenvalue weighted by Gasteiger charge is -2.35. The van der Waals surface area contributed by atoms with Crippen LogP contribution in [0.1, 0.15) is 58.2 Å². The maximum Gasteiger partial charge on any atom is 0.131 e. The first-order chi connectivity index (χ1) is 9.08. The number of aromatic nitrogens is 2. The molecule has 0 saturated carbocycles. The van der Waals surface area contributed by atoms with E-state index in [1.54, 1.807) is 6.92 Å². The lowest BCUT2D eigenvalue weighted by molar-refractivity contribution is -0.118. The number of imidazole rings is 1. The highest BCUT2D eigenvalue weighted by molar-refractivity contribution is 5.76. The van der Waals surface area contributed by atoms with Crippen LogP contribution in [0.5, 0.6) is 0 Å². The topological polar surface area (TPSA) is 38.1 Å². The van der Waals surface area contributed by atoms with Gasteiger partial charge in [-0.25, -0.2) is 4.98 Å². The quantitative estimate of drug-likeness (QED) is 0.820. The van der Waals surface area contributed by atoms with Crippen molar-refractivity contribution in [1.82, 2.24) is 14.5 Å². The summed E-state index contributed by atoms with van der Waals surface area (Å²) in [5.41, 5.74) is 1.26. The van der Waals surface area contributed by atoms with Crippen LogP contribution in [0.3, 0.4) is 0 Å². The Labute approximate surface area is 115 Å². The molecule has 1 saturated heterocycles. The molecule has 0 radical (unpaired) electrons. The minimum atomic E-state index is 0.300. The molecule has 2 heterocycles. The third-order valence-corrected chi connectivity index (χ3v) is 3.94. The summed E-state index contributed by atoms with van der Waals surface area (Å²) in [5.74, 6) is 0.300. The number of piperidine rings is 1. The zero-order valence-electron chi connectivity index (χ0n) is 12.3. The third-order valence-electron chi connectivity index (χ3n) is 3.94. The molecule has 0 spiro atoms. The average molecular weight is 263 g/mol. The number of rotatable bonds is 5. The second-order valence-electron chi connectivity index (χ2n) is 5.91. The van der Waals surface area contributed by atoms with Gasteiger partial charge < -0.3 is 4.57 Å². The fourth-order valence-electron chi connectivity index (χ4n) is 2.96. The predicted molar refractivity (Wildman–Crippen MR) is 76.0 cm³/mol. The van der Waals surface area contributed by atoms with E-state index in [9.17, 15) is 4.79 Å². The lowest BCUT2D eigenvalue weighted by atomic mass is 9.97. The highest BCUT2D eigenvalue weighted by atomic mass is 16.1. The van der Waals surface area contributed by atoms with Crippen molar-refractivity contribution in [3.8, 4) is 0 Å². The SMILES string of the molecule is CC(=O)CC1CCCCN1Cc1cncn1C(C)C. The van der Waals surface area contributed by atoms with Gasteiger partial charge in [-0.3, -0.25) is 9.69 Å². The maximum atomic E-state index is 11.4. The van der Waals surface area contributed by atoms with Gasteiger partial charge in [0.1, 0.15) is 5.78 Å². The van der Waals surface area contributed by atoms with E-state index < -0.39 is 0 Å². The van der Waals surface area contributed by atoms with Gasteiger partial charge in [0.25, 0.3) is 0 Å². The minimum Gasteiger partial charge on any atom is -0.331 e. The first kappa shape index (κ1) is 14.3. The fourth-order valence-corrected chi connectivity index (χ4v) is 2.96. The molecule has 0 amide bonds. The summed E-state index contributed by atoms with van der Waals surface area (Å²) in [5, 5.41) is 0. The normalized spacial score (nSPS) is 20.9. The monoisotopic (exact) mass is 263 g/mol. The van der Waals surface area contributed by atoms with Crippen LogP contribution in [0.4, 0.5) is 0 Å². The van der Waals surface area contributed by atoms with E-state index >= 15 is 0 Å². The van der Waals surface area contributed by atoms with E-state index in [1.165, 1.54) is 18.5 Å². The van der Waals surface area contributed by atoms with Crippen LogP contribution in [0.2, 0.25) is 0 Å². The minimum absolute atomic E-state index is 0.300. The second-order valence-corrected chi connectivity index (χ2v) is 5.91. The van der Waals surface area contributed by atoms with Gasteiger partial charge in [-0.2, -0.15) is 0 Å². The Balaban J connectivity index is 2.06. The fraction of sp³-hybridized carbons (Fsp3) is 0.733. The third kappa shape index (κ3) is 3.66. The van der Waals surface area contributed by atoms with Crippen molar-refractivity contribution < 1.29 is 4.79 Å². The number of hydrogen-bond acceptors (Lipinski definition) is 3. The second kappa shape index (κ2) is 6.33. The predicted octanol–water partition coefficient (Wildman–Crippen LogP) is 2.80. The first-order valence-corrected chi connectivity index (χ1v) is 7.32. The molecule has 1 aliphatic rings. The molecule has 106 valence electrons. The van der Waals surface area contributed by atoms with Crippen molar-refractivity contribution in [1.29, 1.82) is 0 Å². The van der Waals surface area contributed by atoms with E-state index in [0.717, 1.165) is 19.5 Å². The molecular weight excluding hydrogens is 238 g/mol. The number of carbonyl (C=O) groups is 1. The smallest absolute Gasteiger partial charge is 0.131 e. The van der Waals surface area contributed by atoms with Gasteiger partial charge in [0, 0.05) is 31.2 Å². The van der Waals surface area contributed by atoms with Crippen LogP contribution in [0.25, 0.3) is 0 Å². The van der Waals surface area contributed by atoms with Crippen LogP contribution in [0.15, 0.2) is 12.5 Å². The van der Waals surface area contributed by atoms with Gasteiger partial charge in [0.15, 0.2) is 0 Å². The summed E-state index contributed by atoms with van der Waals surface area (Å²) in [6.45, 7) is 8.06. The number of nitrogens with zero attached hydrogens (tertiary/aromatic N) is 3. The molecule has 1 aromatic heterocycles. The van der Waals surface area contributed by atoms with Crippen molar-refractivity contribution in [2.45, 2.75) is 65.1 Å². The molecule has 1 fully saturated rings. The Morgan fingerprint density at radius 2 is 2.26 bits per heavy atom. The van der Waals surface area contributed by atoms with Gasteiger partial charge in [0.05, 0.1) is 12.0 Å². The highest BCUT2D eigenvalue weighted by Gasteiger charge is 2.24. The van der Waals surface area contributed by atoms with Crippen LogP contribution in [0, 0.1) is 0 Å². The van der Waals surface area contributed by atoms with Crippen molar-refractivity contribution in [2.75, 3.05) is 6.54 Å². The zero-order chi connectivity index (χ0) is 13.8. The standard InChI is InChI=1S/C15H25N3O/c1-12(2)18-11-16-9-15(18)10-17-7-5-4-6-14(17)8-13(3)19/h9,11-12,14H,4-8,10H2,1-3H3. The number of carbonyl (C=O) groups excluding carboxylic acids is 1. The highest BCUT2D eigenvalue weighted by Crippen LogP contribution is 2.23. The van der Waals surface area contributed by atoms with Gasteiger partial charge in [-0.15, -0.1) is 0 Å². The van der Waals surface area contributed by atoms with Crippen LogP contribution in [-0.4, -0.2) is 32.8 Å². The first-order valence-electron chi connectivity index (χ1n) is 7.32. The van der Waals surface area contributed by atoms with Crippen molar-refractivity contribution in [2.24, 2.45) is 0 Å². The molecule has 1 aromatic rings. The van der Waals surface area contributed by atoms with E-state index in [1.807, 2.05) is 12.5 Å². The largest absolute Gasteiger partial charge is 0.331 e. The zero-order valence-corrected chi connectivity index (χ0v) is 12.3. The summed E-state index contributed by atoms with van der Waals surface area (Å²) in [6, 6.07) is 0.857. The summed E-state index contributed by atoms with van der Waals surface area (Å²) < 4.78 is 2.22. The Morgan fingerprint density at radius 3 is 2.95 bits per heavy atom. The molecule has 0 N–H and O–H groups in total. The molecule has 1 aliphatic heterocycles. The maximum absolute atomic E-state index is 11.4. The molecule has 0 aliphatic carbocycles. The molecule has 0 aromatic carbocycles. The van der Waals surface area contributed by atoms with Gasteiger partial charge >= 0.3 is 0 Å². The van der Waals surface area contributed by atoms with E-state index in [4.69, 9.17) is 0 Å². The van der Waals surface area contributed by atoms with Crippen molar-refractivity contribution in [3.05, 3.63) is 18.2 Å². The Bertz CT molecular complexity index is 425. The van der Waals surface area contributed by atoms with Crippen molar-refractivity contribution in [3.63, 3.8) is 0 Å². The molecule has 1 atom stereocenters. The molecular formula is C15H25N3O. The van der Waals surface area contributed by atoms with Gasteiger partial charge in [0.2, 0.25) is 0 Å². The summed E-state index contributed by atoms with van der Waals surface area (Å²) in [7, 11) is 0. The van der Waals surface area contributed by atoms with Gasteiger partial charge in [-0.1, -0.05) is 6.42 Å². The lowest BCUT2D eigenvalue weighted by Crippen LogP contribution is -2.40. The molecule has 1 unspecified atom stereocenters. The molecule has 0 bridgehead atoms. The number of hydrogen-bond donors (Lipinski definition) is 0. The van der Waals surface area contributed by atoms with Crippen LogP contribution >= 0.6 is 0 Å². The van der Waals surface area contributed by atoms with Gasteiger partial charge in [-0.05, 0) is 40.2 Å². The molecule has 4 heteroatoms. The summed E-state index contributed by atoms with van der Waals surface area (Å²) >= 11 is 0. The average Bonchev–Trinajstić information content (AvgIpc) is 2.79. The molecule has 2 rings (SSSR count). The Hall–Kier alpha value is -1.16. The number of ketones is 1. The molecule has 19 heavy (non-hydrogen) atoms. The van der Waals surface area contributed by atoms with E-state index in [0.29, 0.717) is 24.3 Å². The van der Waals surface area contributed by atoms with Crippen LogP contribution < -0.4 is 0 Å². The number of likely N-dealkylation sites (tertiary alicyclic amines) is 1. The van der Waals surface area contributed by atoms with Crippen molar-refractivity contribution >= 4 is 5.78 Å². The van der Waals surface area contributed by atoms with E-state index in [2.05, 4.69) is 28.3 Å². The number of Topliss-reactive ketones (excluding diaryl/α,β-unsaturated/α-hetero) is 1. The van der Waals surface area contributed by atoms with Crippen LogP contribution in [-0.2, 0) is 11.3 Å². The van der Waals surface area contributed by atoms with E-state index in [-0.39, 0.29) is 0 Å².